The first-order valence-electron chi connectivity index (χ1n) is 6.47. The van der Waals surface area contributed by atoms with Gasteiger partial charge in [0.1, 0.15) is 6.10 Å². The molecular weight excluding hydrogens is 294 g/mol. The Morgan fingerprint density at radius 1 is 1.50 bits per heavy atom. The molecule has 0 saturated heterocycles. The number of aliphatic hydroxyl groups excluding tert-OH is 1. The number of aliphatic hydroxyl groups is 1. The number of carbonyl (C=O) groups is 1. The van der Waals surface area contributed by atoms with Crippen LogP contribution in [0, 0.1) is 0 Å². The topological polar surface area (TPSA) is 49.3 Å². The number of amides is 1. The third-order valence-corrected chi connectivity index (χ3v) is 4.76. The molecule has 1 aliphatic rings. The minimum atomic E-state index is -0.765. The second-order valence-corrected chi connectivity index (χ2v) is 6.24. The average molecular weight is 308 g/mol. The molecule has 0 radical (unpaired) electrons. The number of benzene rings is 1. The summed E-state index contributed by atoms with van der Waals surface area (Å²) < 4.78 is 0. The summed E-state index contributed by atoms with van der Waals surface area (Å²) in [6.45, 7) is 1.97. The second kappa shape index (κ2) is 5.20. The van der Waals surface area contributed by atoms with E-state index < -0.39 is 6.10 Å². The molecule has 20 heavy (non-hydrogen) atoms. The lowest BCUT2D eigenvalue weighted by Gasteiger charge is -2.15. The molecule has 2 atom stereocenters. The monoisotopic (exact) mass is 307 g/mol. The highest BCUT2D eigenvalue weighted by atomic mass is 35.5. The van der Waals surface area contributed by atoms with Gasteiger partial charge in [-0.05, 0) is 35.6 Å². The molecule has 0 fully saturated rings. The van der Waals surface area contributed by atoms with Crippen LogP contribution in [0.5, 0.6) is 0 Å². The van der Waals surface area contributed by atoms with Crippen LogP contribution in [0.1, 0.15) is 41.4 Å². The van der Waals surface area contributed by atoms with E-state index in [1.807, 2.05) is 30.5 Å². The van der Waals surface area contributed by atoms with Gasteiger partial charge in [0.2, 0.25) is 5.91 Å². The normalized spacial score (nSPS) is 18.8. The predicted octanol–water partition coefficient (Wildman–Crippen LogP) is 3.93. The van der Waals surface area contributed by atoms with E-state index in [0.717, 1.165) is 10.4 Å². The zero-order chi connectivity index (χ0) is 14.3. The van der Waals surface area contributed by atoms with Gasteiger partial charge in [-0.3, -0.25) is 4.79 Å². The van der Waals surface area contributed by atoms with E-state index in [4.69, 9.17) is 11.6 Å². The minimum Gasteiger partial charge on any atom is -0.383 e. The number of halogens is 1. The van der Waals surface area contributed by atoms with E-state index in [0.29, 0.717) is 22.7 Å². The van der Waals surface area contributed by atoms with Gasteiger partial charge in [-0.1, -0.05) is 24.6 Å². The molecule has 2 unspecified atom stereocenters. The number of hydrogen-bond acceptors (Lipinski definition) is 3. The first-order valence-corrected chi connectivity index (χ1v) is 7.73. The van der Waals surface area contributed by atoms with Crippen LogP contribution in [-0.4, -0.2) is 11.0 Å². The van der Waals surface area contributed by atoms with Crippen LogP contribution in [-0.2, 0) is 4.79 Å². The summed E-state index contributed by atoms with van der Waals surface area (Å²) in [4.78, 5) is 12.8. The quantitative estimate of drug-likeness (QED) is 0.902. The van der Waals surface area contributed by atoms with E-state index in [-0.39, 0.29) is 11.8 Å². The highest BCUT2D eigenvalue weighted by Crippen LogP contribution is 2.43. The minimum absolute atomic E-state index is 0.0237. The van der Waals surface area contributed by atoms with Crippen molar-refractivity contribution in [2.75, 3.05) is 5.32 Å². The van der Waals surface area contributed by atoms with Crippen molar-refractivity contribution < 1.29 is 9.90 Å². The fourth-order valence-corrected chi connectivity index (χ4v) is 3.60. The molecular formula is C15H14ClNO2S. The number of thiophene rings is 1. The van der Waals surface area contributed by atoms with Gasteiger partial charge in [0.15, 0.2) is 0 Å². The largest absolute Gasteiger partial charge is 0.383 e. The molecule has 0 bridgehead atoms. The van der Waals surface area contributed by atoms with Gasteiger partial charge in [-0.2, -0.15) is 0 Å². The molecule has 0 saturated carbocycles. The average Bonchev–Trinajstić information content (AvgIpc) is 3.04. The molecule has 104 valence electrons. The lowest BCUT2D eigenvalue weighted by atomic mass is 9.94. The standard InChI is InChI=1S/C15H14ClNO2S/c1-2-9-10-6-8(16)7-11(13(10)17-15(9)19)14(18)12-4-3-5-20-12/h3-7,9,14,18H,2H2,1H3,(H,17,19). The molecule has 1 aliphatic heterocycles. The number of anilines is 1. The summed E-state index contributed by atoms with van der Waals surface area (Å²) in [5.74, 6) is -0.206. The predicted molar refractivity (Wildman–Crippen MR) is 81.5 cm³/mol. The van der Waals surface area contributed by atoms with E-state index in [1.165, 1.54) is 11.3 Å². The molecule has 0 aliphatic carbocycles. The number of hydrogen-bond donors (Lipinski definition) is 2. The van der Waals surface area contributed by atoms with Crippen LogP contribution in [0.15, 0.2) is 29.6 Å². The third-order valence-electron chi connectivity index (χ3n) is 3.62. The SMILES string of the molecule is CCC1C(=O)Nc2c1cc(Cl)cc2C(O)c1cccs1. The van der Waals surface area contributed by atoms with Gasteiger partial charge in [0.25, 0.3) is 0 Å². The summed E-state index contributed by atoms with van der Waals surface area (Å²) in [6.07, 6.45) is -0.0494. The summed E-state index contributed by atoms with van der Waals surface area (Å²) >= 11 is 7.64. The molecule has 2 heterocycles. The van der Waals surface area contributed by atoms with Crippen LogP contribution in [0.25, 0.3) is 0 Å². The Labute approximate surface area is 126 Å². The van der Waals surface area contributed by atoms with Gasteiger partial charge in [-0.15, -0.1) is 11.3 Å². The van der Waals surface area contributed by atoms with Crippen molar-refractivity contribution in [1.29, 1.82) is 0 Å². The van der Waals surface area contributed by atoms with E-state index in [9.17, 15) is 9.90 Å². The van der Waals surface area contributed by atoms with Crippen molar-refractivity contribution in [3.8, 4) is 0 Å². The molecule has 1 aromatic carbocycles. The summed E-state index contributed by atoms with van der Waals surface area (Å²) in [6, 6.07) is 7.30. The lowest BCUT2D eigenvalue weighted by molar-refractivity contribution is -0.117. The first-order chi connectivity index (χ1) is 9.61. The Hall–Kier alpha value is -1.36. The van der Waals surface area contributed by atoms with Gasteiger partial charge in [0.05, 0.1) is 11.6 Å². The Balaban J connectivity index is 2.12. The number of carbonyl (C=O) groups excluding carboxylic acids is 1. The molecule has 5 heteroatoms. The molecule has 1 aromatic heterocycles. The Morgan fingerprint density at radius 2 is 2.30 bits per heavy atom. The third kappa shape index (κ3) is 2.14. The molecule has 3 rings (SSSR count). The summed E-state index contributed by atoms with van der Waals surface area (Å²) in [7, 11) is 0. The maximum atomic E-state index is 12.0. The zero-order valence-electron chi connectivity index (χ0n) is 10.9. The zero-order valence-corrected chi connectivity index (χ0v) is 12.5. The van der Waals surface area contributed by atoms with E-state index >= 15 is 0 Å². The summed E-state index contributed by atoms with van der Waals surface area (Å²) in [5.41, 5.74) is 2.27. The first kappa shape index (κ1) is 13.6. The van der Waals surface area contributed by atoms with Crippen molar-refractivity contribution in [1.82, 2.24) is 0 Å². The van der Waals surface area contributed by atoms with Crippen LogP contribution in [0.3, 0.4) is 0 Å². The molecule has 0 spiro atoms. The molecule has 1 amide bonds. The fourth-order valence-electron chi connectivity index (χ4n) is 2.64. The van der Waals surface area contributed by atoms with Gasteiger partial charge >= 0.3 is 0 Å². The van der Waals surface area contributed by atoms with Crippen LogP contribution in [0.2, 0.25) is 5.02 Å². The maximum absolute atomic E-state index is 12.0. The maximum Gasteiger partial charge on any atom is 0.232 e. The molecule has 2 aromatic rings. The Kier molecular flexibility index (Phi) is 3.54. The van der Waals surface area contributed by atoms with Gasteiger partial charge in [0, 0.05) is 15.5 Å². The van der Waals surface area contributed by atoms with Crippen LogP contribution >= 0.6 is 22.9 Å². The molecule has 3 nitrogen and oxygen atoms in total. The Morgan fingerprint density at radius 3 is 2.95 bits per heavy atom. The number of nitrogens with one attached hydrogen (secondary N) is 1. The highest BCUT2D eigenvalue weighted by molar-refractivity contribution is 7.10. The van der Waals surface area contributed by atoms with Crippen LogP contribution < -0.4 is 5.32 Å². The van der Waals surface area contributed by atoms with Gasteiger partial charge in [-0.25, -0.2) is 0 Å². The van der Waals surface area contributed by atoms with Crippen molar-refractivity contribution in [3.05, 3.63) is 50.7 Å². The number of fused-ring (bicyclic) bond motifs is 1. The van der Waals surface area contributed by atoms with Gasteiger partial charge < -0.3 is 10.4 Å². The van der Waals surface area contributed by atoms with Crippen LogP contribution in [0.4, 0.5) is 5.69 Å². The lowest BCUT2D eigenvalue weighted by Crippen LogP contribution is -2.11. The summed E-state index contributed by atoms with van der Waals surface area (Å²) in [5, 5.41) is 15.9. The van der Waals surface area contributed by atoms with Crippen molar-refractivity contribution in [2.24, 2.45) is 0 Å². The highest BCUT2D eigenvalue weighted by Gasteiger charge is 2.33. The van der Waals surface area contributed by atoms with Crippen molar-refractivity contribution in [2.45, 2.75) is 25.4 Å². The number of rotatable bonds is 3. The second-order valence-electron chi connectivity index (χ2n) is 4.83. The van der Waals surface area contributed by atoms with E-state index in [1.54, 1.807) is 6.07 Å². The fraction of sp³-hybridized carbons (Fsp3) is 0.267. The van der Waals surface area contributed by atoms with Crippen molar-refractivity contribution >= 4 is 34.5 Å². The van der Waals surface area contributed by atoms with Crippen molar-refractivity contribution in [3.63, 3.8) is 0 Å². The molecule has 2 N–H and O–H groups in total. The van der Waals surface area contributed by atoms with E-state index in [2.05, 4.69) is 5.32 Å². The Bertz CT molecular complexity index is 654. The smallest absolute Gasteiger partial charge is 0.232 e.